The summed E-state index contributed by atoms with van der Waals surface area (Å²) >= 11 is 0. The first-order valence-electron chi connectivity index (χ1n) is 9.73. The Balaban J connectivity index is 1.64. The second kappa shape index (κ2) is 9.99. The molecule has 0 saturated carbocycles. The number of nitrogens with one attached hydrogen (secondary N) is 1. The molecular formula is C22H25NO8. The molecule has 3 rings (SSSR count). The molecule has 1 aliphatic rings. The number of rotatable bonds is 6. The summed E-state index contributed by atoms with van der Waals surface area (Å²) in [6.45, 7) is -0.656. The van der Waals surface area contributed by atoms with E-state index in [-0.39, 0.29) is 6.54 Å². The van der Waals surface area contributed by atoms with Gasteiger partial charge < -0.3 is 35.2 Å². The molecule has 0 radical (unpaired) electrons. The van der Waals surface area contributed by atoms with Crippen LogP contribution in [0.25, 0.3) is 11.1 Å². The molecular weight excluding hydrogens is 406 g/mol. The van der Waals surface area contributed by atoms with Gasteiger partial charge >= 0.3 is 5.97 Å². The van der Waals surface area contributed by atoms with Gasteiger partial charge in [-0.15, -0.1) is 0 Å². The summed E-state index contributed by atoms with van der Waals surface area (Å²) in [5, 5.41) is 41.5. The van der Waals surface area contributed by atoms with Gasteiger partial charge in [0.05, 0.1) is 19.3 Å². The number of amides is 1. The number of esters is 1. The Morgan fingerprint density at radius 1 is 0.935 bits per heavy atom. The first-order valence-corrected chi connectivity index (χ1v) is 9.73. The molecule has 1 heterocycles. The van der Waals surface area contributed by atoms with E-state index in [9.17, 15) is 30.0 Å². The highest BCUT2D eigenvalue weighted by Crippen LogP contribution is 2.22. The molecule has 1 amide bonds. The Labute approximate surface area is 178 Å². The van der Waals surface area contributed by atoms with Crippen molar-refractivity contribution in [2.24, 2.45) is 0 Å². The molecule has 2 aromatic carbocycles. The number of ether oxygens (including phenoxy) is 2. The smallest absolute Gasteiger partial charge is 0.337 e. The summed E-state index contributed by atoms with van der Waals surface area (Å²) < 4.78 is 10.1. The lowest BCUT2D eigenvalue weighted by Gasteiger charge is -2.40. The van der Waals surface area contributed by atoms with Gasteiger partial charge in [0, 0.05) is 12.1 Å². The first-order chi connectivity index (χ1) is 14.8. The van der Waals surface area contributed by atoms with E-state index in [0.717, 1.165) is 11.1 Å². The van der Waals surface area contributed by atoms with Gasteiger partial charge in [0.2, 0.25) is 0 Å². The fourth-order valence-electron chi connectivity index (χ4n) is 3.40. The van der Waals surface area contributed by atoms with E-state index in [1.165, 1.54) is 7.11 Å². The third kappa shape index (κ3) is 5.09. The van der Waals surface area contributed by atoms with Crippen LogP contribution in [0.5, 0.6) is 0 Å². The molecule has 166 valence electrons. The Bertz CT molecular complexity index is 914. The number of methoxy groups -OCH3 is 1. The van der Waals surface area contributed by atoms with Gasteiger partial charge in [0.25, 0.3) is 5.91 Å². The molecule has 1 fully saturated rings. The maximum atomic E-state index is 12.5. The predicted octanol–water partition coefficient (Wildman–Crippen LogP) is -0.288. The van der Waals surface area contributed by atoms with Crippen molar-refractivity contribution >= 4 is 11.9 Å². The van der Waals surface area contributed by atoms with Crippen LogP contribution in [-0.2, 0) is 9.47 Å². The van der Waals surface area contributed by atoms with Crippen LogP contribution < -0.4 is 5.32 Å². The Morgan fingerprint density at radius 2 is 1.61 bits per heavy atom. The molecule has 1 unspecified atom stereocenters. The van der Waals surface area contributed by atoms with Crippen LogP contribution >= 0.6 is 0 Å². The number of aliphatic hydroxyl groups excluding tert-OH is 4. The van der Waals surface area contributed by atoms with E-state index in [1.54, 1.807) is 42.5 Å². The average Bonchev–Trinajstić information content (AvgIpc) is 2.81. The van der Waals surface area contributed by atoms with Gasteiger partial charge in [-0.2, -0.15) is 0 Å². The molecule has 0 spiro atoms. The van der Waals surface area contributed by atoms with E-state index < -0.39 is 49.0 Å². The highest BCUT2D eigenvalue weighted by atomic mass is 16.5. The van der Waals surface area contributed by atoms with Crippen molar-refractivity contribution in [2.75, 3.05) is 20.3 Å². The molecule has 9 nitrogen and oxygen atoms in total. The van der Waals surface area contributed by atoms with Crippen LogP contribution in [0.3, 0.4) is 0 Å². The van der Waals surface area contributed by atoms with Gasteiger partial charge in [-0.3, -0.25) is 4.79 Å². The van der Waals surface area contributed by atoms with Crippen LogP contribution in [0.1, 0.15) is 20.7 Å². The zero-order valence-corrected chi connectivity index (χ0v) is 16.8. The van der Waals surface area contributed by atoms with E-state index in [0.29, 0.717) is 11.1 Å². The predicted molar refractivity (Wildman–Crippen MR) is 109 cm³/mol. The molecule has 9 heteroatoms. The van der Waals surface area contributed by atoms with E-state index >= 15 is 0 Å². The topological polar surface area (TPSA) is 146 Å². The molecule has 31 heavy (non-hydrogen) atoms. The van der Waals surface area contributed by atoms with Crippen LogP contribution in [-0.4, -0.2) is 83.1 Å². The highest BCUT2D eigenvalue weighted by Gasteiger charge is 2.43. The quantitative estimate of drug-likeness (QED) is 0.393. The Kier molecular flexibility index (Phi) is 7.37. The monoisotopic (exact) mass is 431 g/mol. The maximum absolute atomic E-state index is 12.5. The van der Waals surface area contributed by atoms with Gasteiger partial charge in [0.1, 0.15) is 30.5 Å². The number of hydrogen-bond acceptors (Lipinski definition) is 8. The van der Waals surface area contributed by atoms with Crippen LogP contribution in [0.2, 0.25) is 0 Å². The van der Waals surface area contributed by atoms with Crippen molar-refractivity contribution in [3.63, 3.8) is 0 Å². The highest BCUT2D eigenvalue weighted by molar-refractivity contribution is 5.95. The molecule has 5 atom stereocenters. The number of carbonyl (C=O) groups excluding carboxylic acids is 2. The Morgan fingerprint density at radius 3 is 2.26 bits per heavy atom. The SMILES string of the molecule is COC(=O)c1cccc(-c2ccc(C(=O)NCC3O[C@@H](CO)[C@@H](O)[C@H](O)[C@@H]3O)cc2)c1. The van der Waals surface area contributed by atoms with Crippen molar-refractivity contribution in [3.05, 3.63) is 59.7 Å². The van der Waals surface area contributed by atoms with Crippen molar-refractivity contribution in [2.45, 2.75) is 30.5 Å². The second-order valence-electron chi connectivity index (χ2n) is 7.23. The first kappa shape index (κ1) is 22.9. The minimum atomic E-state index is -1.49. The van der Waals surface area contributed by atoms with Crippen molar-refractivity contribution in [1.29, 1.82) is 0 Å². The molecule has 1 saturated heterocycles. The zero-order valence-electron chi connectivity index (χ0n) is 16.8. The summed E-state index contributed by atoms with van der Waals surface area (Å²) in [5.41, 5.74) is 2.37. The standard InChI is InChI=1S/C22H25NO8/c1-30-22(29)15-4-2-3-14(9-15)12-5-7-13(8-6-12)21(28)23-10-16-18(25)20(27)19(26)17(11-24)31-16/h2-9,16-20,24-27H,10-11H2,1H3,(H,23,28)/t16?,17-,18+,19+,20+/m0/s1. The maximum Gasteiger partial charge on any atom is 0.337 e. The second-order valence-corrected chi connectivity index (χ2v) is 7.23. The molecule has 5 N–H and O–H groups in total. The lowest BCUT2D eigenvalue weighted by Crippen LogP contribution is -2.60. The van der Waals surface area contributed by atoms with Gasteiger partial charge in [-0.05, 0) is 35.4 Å². The van der Waals surface area contributed by atoms with Crippen LogP contribution in [0.15, 0.2) is 48.5 Å². The third-order valence-electron chi connectivity index (χ3n) is 5.22. The number of hydrogen-bond donors (Lipinski definition) is 5. The molecule has 1 aliphatic heterocycles. The minimum absolute atomic E-state index is 0.122. The molecule has 0 bridgehead atoms. The van der Waals surface area contributed by atoms with Crippen LogP contribution in [0.4, 0.5) is 0 Å². The number of benzene rings is 2. The number of aliphatic hydroxyl groups is 4. The fourth-order valence-corrected chi connectivity index (χ4v) is 3.40. The summed E-state index contributed by atoms with van der Waals surface area (Å²) in [6, 6.07) is 13.6. The normalized spacial score (nSPS) is 25.6. The average molecular weight is 431 g/mol. The van der Waals surface area contributed by atoms with E-state index in [4.69, 9.17) is 9.47 Å². The summed E-state index contributed by atoms with van der Waals surface area (Å²) in [7, 11) is 1.31. The van der Waals surface area contributed by atoms with Gasteiger partial charge in [-0.1, -0.05) is 24.3 Å². The fraction of sp³-hybridized carbons (Fsp3) is 0.364. The number of carbonyl (C=O) groups is 2. The van der Waals surface area contributed by atoms with Gasteiger partial charge in [-0.25, -0.2) is 4.79 Å². The zero-order chi connectivity index (χ0) is 22.5. The Hall–Kier alpha value is -2.82. The lowest BCUT2D eigenvalue weighted by atomic mass is 9.95. The van der Waals surface area contributed by atoms with Gasteiger partial charge in [0.15, 0.2) is 0 Å². The van der Waals surface area contributed by atoms with E-state index in [1.807, 2.05) is 6.07 Å². The van der Waals surface area contributed by atoms with Crippen molar-refractivity contribution in [3.8, 4) is 11.1 Å². The van der Waals surface area contributed by atoms with Crippen LogP contribution in [0, 0.1) is 0 Å². The van der Waals surface area contributed by atoms with E-state index in [2.05, 4.69) is 5.32 Å². The third-order valence-corrected chi connectivity index (χ3v) is 5.22. The largest absolute Gasteiger partial charge is 0.465 e. The molecule has 0 aromatic heterocycles. The molecule has 0 aliphatic carbocycles. The summed E-state index contributed by atoms with van der Waals surface area (Å²) in [6.07, 6.45) is -6.37. The molecule has 2 aromatic rings. The van der Waals surface area contributed by atoms with Crippen molar-refractivity contribution in [1.82, 2.24) is 5.32 Å². The summed E-state index contributed by atoms with van der Waals surface area (Å²) in [4.78, 5) is 24.1. The summed E-state index contributed by atoms with van der Waals surface area (Å²) in [5.74, 6) is -0.863. The lowest BCUT2D eigenvalue weighted by molar-refractivity contribution is -0.227. The minimum Gasteiger partial charge on any atom is -0.465 e. The van der Waals surface area contributed by atoms with Crippen molar-refractivity contribution < 1.29 is 39.5 Å².